The zero-order chi connectivity index (χ0) is 19.2. The molecule has 5 heteroatoms. The third-order valence-corrected chi connectivity index (χ3v) is 4.10. The lowest BCUT2D eigenvalue weighted by Crippen LogP contribution is -2.20. The molecule has 0 aliphatic rings. The van der Waals surface area contributed by atoms with Crippen LogP contribution in [0.5, 0.6) is 5.88 Å². The highest BCUT2D eigenvalue weighted by Crippen LogP contribution is 2.33. The number of rotatable bonds is 6. The first kappa shape index (κ1) is 18.6. The zero-order valence-corrected chi connectivity index (χ0v) is 15.3. The predicted octanol–water partition coefficient (Wildman–Crippen LogP) is 4.37. The van der Waals surface area contributed by atoms with E-state index in [2.05, 4.69) is 11.1 Å². The Morgan fingerprint density at radius 1 is 1.04 bits per heavy atom. The minimum absolute atomic E-state index is 0.292. The summed E-state index contributed by atoms with van der Waals surface area (Å²) in [6.07, 6.45) is 0. The Morgan fingerprint density at radius 3 is 2.37 bits per heavy atom. The number of benzene rings is 2. The van der Waals surface area contributed by atoms with Crippen molar-refractivity contribution in [1.29, 1.82) is 5.26 Å². The molecule has 1 heterocycles. The summed E-state index contributed by atoms with van der Waals surface area (Å²) in [4.78, 5) is 6.57. The standard InChI is InChI=1S/C22H20FN3O/c1-26(2)12-13-27-22-20(15-24)19(16-8-10-18(23)11-9-16)14-21(25-22)17-6-4-3-5-7-17/h3-11,14H,12-13H2,1-2H3. The van der Waals surface area contributed by atoms with E-state index in [1.165, 1.54) is 12.1 Å². The first-order valence-corrected chi connectivity index (χ1v) is 8.62. The molecule has 0 saturated heterocycles. The molecular formula is C22H20FN3O. The Hall–Kier alpha value is -3.23. The number of pyridine rings is 1. The fourth-order valence-electron chi connectivity index (χ4n) is 2.67. The van der Waals surface area contributed by atoms with Gasteiger partial charge in [-0.2, -0.15) is 5.26 Å². The Labute approximate surface area is 158 Å². The maximum absolute atomic E-state index is 13.3. The Morgan fingerprint density at radius 2 is 1.74 bits per heavy atom. The summed E-state index contributed by atoms with van der Waals surface area (Å²) < 4.78 is 19.2. The fraction of sp³-hybridized carbons (Fsp3) is 0.182. The van der Waals surface area contributed by atoms with Crippen LogP contribution < -0.4 is 4.74 Å². The molecule has 0 N–H and O–H groups in total. The van der Waals surface area contributed by atoms with E-state index >= 15 is 0 Å². The quantitative estimate of drug-likeness (QED) is 0.654. The minimum atomic E-state index is -0.322. The predicted molar refractivity (Wildman–Crippen MR) is 104 cm³/mol. The zero-order valence-electron chi connectivity index (χ0n) is 15.3. The summed E-state index contributed by atoms with van der Waals surface area (Å²) in [6, 6.07) is 19.8. The Kier molecular flexibility index (Phi) is 5.80. The van der Waals surface area contributed by atoms with E-state index in [9.17, 15) is 9.65 Å². The highest BCUT2D eigenvalue weighted by molar-refractivity contribution is 5.77. The maximum atomic E-state index is 13.3. The molecule has 4 nitrogen and oxygen atoms in total. The lowest BCUT2D eigenvalue weighted by atomic mass is 9.99. The van der Waals surface area contributed by atoms with Gasteiger partial charge in [-0.3, -0.25) is 0 Å². The van der Waals surface area contributed by atoms with Gasteiger partial charge < -0.3 is 9.64 Å². The summed E-state index contributed by atoms with van der Waals surface area (Å²) in [6.45, 7) is 1.11. The van der Waals surface area contributed by atoms with Crippen molar-refractivity contribution in [2.24, 2.45) is 0 Å². The van der Waals surface area contributed by atoms with E-state index in [1.807, 2.05) is 55.4 Å². The summed E-state index contributed by atoms with van der Waals surface area (Å²) in [7, 11) is 3.90. The van der Waals surface area contributed by atoms with Crippen LogP contribution in [-0.4, -0.2) is 37.1 Å². The van der Waals surface area contributed by atoms with Crippen molar-refractivity contribution in [1.82, 2.24) is 9.88 Å². The molecule has 1 aromatic heterocycles. The van der Waals surface area contributed by atoms with Gasteiger partial charge in [0.2, 0.25) is 5.88 Å². The fourth-order valence-corrected chi connectivity index (χ4v) is 2.67. The molecule has 3 rings (SSSR count). The second-order valence-electron chi connectivity index (χ2n) is 6.37. The number of halogens is 1. The van der Waals surface area contributed by atoms with Gasteiger partial charge in [0.05, 0.1) is 5.69 Å². The molecular weight excluding hydrogens is 341 g/mol. The number of hydrogen-bond donors (Lipinski definition) is 0. The molecule has 0 amide bonds. The van der Waals surface area contributed by atoms with E-state index in [0.717, 1.165) is 11.1 Å². The Balaban J connectivity index is 2.12. The van der Waals surface area contributed by atoms with E-state index < -0.39 is 0 Å². The van der Waals surface area contributed by atoms with Crippen LogP contribution in [0.1, 0.15) is 5.56 Å². The van der Waals surface area contributed by atoms with E-state index in [-0.39, 0.29) is 5.82 Å². The van der Waals surface area contributed by atoms with Gasteiger partial charge in [0, 0.05) is 17.7 Å². The number of aromatic nitrogens is 1. The van der Waals surface area contributed by atoms with Crippen molar-refractivity contribution in [2.75, 3.05) is 27.2 Å². The van der Waals surface area contributed by atoms with E-state index in [0.29, 0.717) is 35.9 Å². The molecule has 0 saturated carbocycles. The largest absolute Gasteiger partial charge is 0.475 e. The maximum Gasteiger partial charge on any atom is 0.232 e. The van der Waals surface area contributed by atoms with Crippen molar-refractivity contribution < 1.29 is 9.13 Å². The summed E-state index contributed by atoms with van der Waals surface area (Å²) in [5, 5.41) is 9.73. The lowest BCUT2D eigenvalue weighted by molar-refractivity contribution is 0.253. The lowest BCUT2D eigenvalue weighted by Gasteiger charge is -2.15. The molecule has 0 fully saturated rings. The summed E-state index contributed by atoms with van der Waals surface area (Å²) >= 11 is 0. The van der Waals surface area contributed by atoms with Gasteiger partial charge in [-0.25, -0.2) is 9.37 Å². The number of ether oxygens (including phenoxy) is 1. The second-order valence-corrected chi connectivity index (χ2v) is 6.37. The molecule has 0 spiro atoms. The number of likely N-dealkylation sites (N-methyl/N-ethyl adjacent to an activating group) is 1. The molecule has 2 aromatic carbocycles. The normalized spacial score (nSPS) is 10.6. The first-order valence-electron chi connectivity index (χ1n) is 8.62. The third-order valence-electron chi connectivity index (χ3n) is 4.10. The van der Waals surface area contributed by atoms with Gasteiger partial charge in [0.25, 0.3) is 0 Å². The molecule has 0 aliphatic carbocycles. The molecule has 27 heavy (non-hydrogen) atoms. The smallest absolute Gasteiger partial charge is 0.232 e. The van der Waals surface area contributed by atoms with Crippen LogP contribution in [0, 0.1) is 17.1 Å². The topological polar surface area (TPSA) is 49.1 Å². The van der Waals surface area contributed by atoms with Crippen LogP contribution in [0.15, 0.2) is 60.7 Å². The van der Waals surface area contributed by atoms with Gasteiger partial charge in [-0.05, 0) is 37.9 Å². The van der Waals surface area contributed by atoms with Crippen LogP contribution in [-0.2, 0) is 0 Å². The number of hydrogen-bond acceptors (Lipinski definition) is 4. The van der Waals surface area contributed by atoms with Crippen LogP contribution >= 0.6 is 0 Å². The van der Waals surface area contributed by atoms with Gasteiger partial charge in [-0.15, -0.1) is 0 Å². The average molecular weight is 361 g/mol. The van der Waals surface area contributed by atoms with Crippen molar-refractivity contribution >= 4 is 0 Å². The second kappa shape index (κ2) is 8.43. The van der Waals surface area contributed by atoms with E-state index in [1.54, 1.807) is 12.1 Å². The monoisotopic (exact) mass is 361 g/mol. The molecule has 0 radical (unpaired) electrons. The van der Waals surface area contributed by atoms with Crippen LogP contribution in [0.3, 0.4) is 0 Å². The first-order chi connectivity index (χ1) is 13.1. The summed E-state index contributed by atoms with van der Waals surface area (Å²) in [5.41, 5.74) is 3.38. The van der Waals surface area contributed by atoms with Crippen molar-refractivity contribution in [3.05, 3.63) is 72.0 Å². The van der Waals surface area contributed by atoms with Crippen LogP contribution in [0.2, 0.25) is 0 Å². The number of nitrogens with zero attached hydrogens (tertiary/aromatic N) is 3. The highest BCUT2D eigenvalue weighted by Gasteiger charge is 2.16. The minimum Gasteiger partial charge on any atom is -0.475 e. The van der Waals surface area contributed by atoms with Gasteiger partial charge in [0.1, 0.15) is 24.1 Å². The van der Waals surface area contributed by atoms with Gasteiger partial charge in [0.15, 0.2) is 0 Å². The molecule has 0 aliphatic heterocycles. The van der Waals surface area contributed by atoms with Crippen molar-refractivity contribution in [3.8, 4) is 34.3 Å². The molecule has 0 unspecified atom stereocenters. The molecule has 136 valence electrons. The Bertz CT molecular complexity index is 948. The van der Waals surface area contributed by atoms with Gasteiger partial charge in [-0.1, -0.05) is 42.5 Å². The van der Waals surface area contributed by atoms with Crippen LogP contribution in [0.25, 0.3) is 22.4 Å². The SMILES string of the molecule is CN(C)CCOc1nc(-c2ccccc2)cc(-c2ccc(F)cc2)c1C#N. The highest BCUT2D eigenvalue weighted by atomic mass is 19.1. The third kappa shape index (κ3) is 4.49. The molecule has 0 atom stereocenters. The van der Waals surface area contributed by atoms with Gasteiger partial charge >= 0.3 is 0 Å². The van der Waals surface area contributed by atoms with Crippen molar-refractivity contribution in [3.63, 3.8) is 0 Å². The summed E-state index contributed by atoms with van der Waals surface area (Å²) in [5.74, 6) is -0.0305. The molecule has 3 aromatic rings. The van der Waals surface area contributed by atoms with E-state index in [4.69, 9.17) is 4.74 Å². The van der Waals surface area contributed by atoms with Crippen LogP contribution in [0.4, 0.5) is 4.39 Å². The van der Waals surface area contributed by atoms with Crippen molar-refractivity contribution in [2.45, 2.75) is 0 Å². The molecule has 0 bridgehead atoms. The number of nitriles is 1. The average Bonchev–Trinajstić information content (AvgIpc) is 2.68.